The number of hydrogen-bond acceptors (Lipinski definition) is 5. The van der Waals surface area contributed by atoms with E-state index in [4.69, 9.17) is 4.74 Å². The molecule has 3 N–H and O–H groups in total. The van der Waals surface area contributed by atoms with Gasteiger partial charge in [-0.15, -0.1) is 0 Å². The highest BCUT2D eigenvalue weighted by Gasteiger charge is 2.43. The number of amides is 3. The van der Waals surface area contributed by atoms with Gasteiger partial charge in [0.05, 0.1) is 6.61 Å². The molecule has 8 heteroatoms. The highest BCUT2D eigenvalue weighted by molar-refractivity contribution is 5.93. The Bertz CT molecular complexity index is 907. The molecule has 0 heterocycles. The largest absolute Gasteiger partial charge is 0.444 e. The number of alkyl carbamates (subject to hydrolysis) is 1. The fourth-order valence-corrected chi connectivity index (χ4v) is 4.11. The SMILES string of the molecule is CCCC(C)NC(=O)C(c1ccc(C)cc1C)N(C(=O)C(CO)NC(=O)OC(C)(C)C)C(C)(C)CC. The standard InChI is InChI=1S/C28H47N3O5/c1-11-13-20(5)29-24(33)23(21-15-14-18(3)16-19(21)4)31(28(9,10)12-2)25(34)22(17-32)30-26(35)36-27(6,7)8/h14-16,20,22-23,32H,11-13,17H2,1-10H3,(H,29,33)(H,30,35). The van der Waals surface area contributed by atoms with Gasteiger partial charge in [-0.3, -0.25) is 9.59 Å². The monoisotopic (exact) mass is 505 g/mol. The molecule has 0 saturated carbocycles. The number of hydrogen-bond donors (Lipinski definition) is 3. The van der Waals surface area contributed by atoms with Crippen LogP contribution < -0.4 is 10.6 Å². The Morgan fingerprint density at radius 3 is 2.14 bits per heavy atom. The molecule has 0 radical (unpaired) electrons. The second-order valence-corrected chi connectivity index (χ2v) is 11.2. The van der Waals surface area contributed by atoms with Gasteiger partial charge < -0.3 is 25.4 Å². The van der Waals surface area contributed by atoms with Gasteiger partial charge in [-0.05, 0) is 79.4 Å². The molecule has 0 aliphatic heterocycles. The minimum Gasteiger partial charge on any atom is -0.444 e. The number of carbonyl (C=O) groups excluding carboxylic acids is 3. The van der Waals surface area contributed by atoms with Crippen molar-refractivity contribution in [2.45, 2.75) is 118 Å². The summed E-state index contributed by atoms with van der Waals surface area (Å²) in [6.07, 6.45) is 1.44. The molecular weight excluding hydrogens is 458 g/mol. The summed E-state index contributed by atoms with van der Waals surface area (Å²) in [5, 5.41) is 15.7. The average molecular weight is 506 g/mol. The Balaban J connectivity index is 3.62. The topological polar surface area (TPSA) is 108 Å². The van der Waals surface area contributed by atoms with Gasteiger partial charge in [-0.25, -0.2) is 4.79 Å². The van der Waals surface area contributed by atoms with Crippen molar-refractivity contribution in [3.05, 3.63) is 34.9 Å². The van der Waals surface area contributed by atoms with Crippen LogP contribution in [0.2, 0.25) is 0 Å². The third-order valence-corrected chi connectivity index (χ3v) is 6.26. The van der Waals surface area contributed by atoms with Crippen LogP contribution in [-0.4, -0.2) is 57.7 Å². The lowest BCUT2D eigenvalue weighted by atomic mass is 9.89. The van der Waals surface area contributed by atoms with Crippen LogP contribution in [-0.2, 0) is 14.3 Å². The lowest BCUT2D eigenvalue weighted by Crippen LogP contribution is -2.60. The fraction of sp³-hybridized carbons (Fsp3) is 0.679. The van der Waals surface area contributed by atoms with Crippen LogP contribution in [0.4, 0.5) is 4.79 Å². The van der Waals surface area contributed by atoms with E-state index in [1.54, 1.807) is 20.8 Å². The Kier molecular flexibility index (Phi) is 11.4. The van der Waals surface area contributed by atoms with Crippen LogP contribution in [0.1, 0.15) is 97.4 Å². The van der Waals surface area contributed by atoms with Gasteiger partial charge in [0, 0.05) is 11.6 Å². The van der Waals surface area contributed by atoms with Crippen LogP contribution in [0.15, 0.2) is 18.2 Å². The Labute approximate surface area is 217 Å². The van der Waals surface area contributed by atoms with Crippen LogP contribution in [0, 0.1) is 13.8 Å². The van der Waals surface area contributed by atoms with E-state index in [0.29, 0.717) is 12.0 Å². The zero-order chi connectivity index (χ0) is 27.8. The van der Waals surface area contributed by atoms with Gasteiger partial charge in [0.25, 0.3) is 0 Å². The molecular formula is C28H47N3O5. The molecule has 0 aliphatic rings. The number of aliphatic hydroxyl groups excluding tert-OH is 1. The normalized spacial score (nSPS) is 14.4. The van der Waals surface area contributed by atoms with E-state index < -0.39 is 41.8 Å². The predicted molar refractivity (Wildman–Crippen MR) is 143 cm³/mol. The van der Waals surface area contributed by atoms with Crippen molar-refractivity contribution < 1.29 is 24.2 Å². The van der Waals surface area contributed by atoms with E-state index in [2.05, 4.69) is 17.6 Å². The van der Waals surface area contributed by atoms with Crippen LogP contribution in [0.25, 0.3) is 0 Å². The van der Waals surface area contributed by atoms with Gasteiger partial charge in [0.1, 0.15) is 17.7 Å². The fourth-order valence-electron chi connectivity index (χ4n) is 4.11. The van der Waals surface area contributed by atoms with E-state index in [9.17, 15) is 19.5 Å². The zero-order valence-corrected chi connectivity index (χ0v) is 23.8. The highest BCUT2D eigenvalue weighted by atomic mass is 16.6. The maximum Gasteiger partial charge on any atom is 0.408 e. The number of benzene rings is 1. The summed E-state index contributed by atoms with van der Waals surface area (Å²) in [7, 11) is 0. The second-order valence-electron chi connectivity index (χ2n) is 11.2. The van der Waals surface area contributed by atoms with Crippen LogP contribution >= 0.6 is 0 Å². The van der Waals surface area contributed by atoms with Crippen molar-refractivity contribution in [2.75, 3.05) is 6.61 Å². The van der Waals surface area contributed by atoms with Gasteiger partial charge >= 0.3 is 6.09 Å². The molecule has 8 nitrogen and oxygen atoms in total. The maximum atomic E-state index is 14.0. The highest BCUT2D eigenvalue weighted by Crippen LogP contribution is 2.34. The molecule has 3 atom stereocenters. The molecule has 0 aliphatic carbocycles. The van der Waals surface area contributed by atoms with Gasteiger partial charge in [0.15, 0.2) is 0 Å². The number of nitrogens with one attached hydrogen (secondary N) is 2. The van der Waals surface area contributed by atoms with Crippen LogP contribution in [0.5, 0.6) is 0 Å². The van der Waals surface area contributed by atoms with Crippen molar-refractivity contribution >= 4 is 17.9 Å². The molecule has 0 saturated heterocycles. The first-order valence-electron chi connectivity index (χ1n) is 12.9. The summed E-state index contributed by atoms with van der Waals surface area (Å²) in [5.74, 6) is -0.856. The number of rotatable bonds is 11. The first-order chi connectivity index (χ1) is 16.6. The first kappa shape index (κ1) is 31.4. The summed E-state index contributed by atoms with van der Waals surface area (Å²) < 4.78 is 5.31. The Hall–Kier alpha value is -2.61. The minimum absolute atomic E-state index is 0.0778. The molecule has 3 unspecified atom stereocenters. The van der Waals surface area contributed by atoms with Gasteiger partial charge in [-0.2, -0.15) is 0 Å². The lowest BCUT2D eigenvalue weighted by molar-refractivity contribution is -0.150. The van der Waals surface area contributed by atoms with Crippen molar-refractivity contribution in [1.82, 2.24) is 15.5 Å². The molecule has 1 aromatic carbocycles. The third-order valence-electron chi connectivity index (χ3n) is 6.26. The molecule has 1 rings (SSSR count). The minimum atomic E-state index is -1.28. The number of aryl methyl sites for hydroxylation is 2. The average Bonchev–Trinajstić information content (AvgIpc) is 2.74. The number of aliphatic hydroxyl groups is 1. The lowest BCUT2D eigenvalue weighted by Gasteiger charge is -2.45. The van der Waals surface area contributed by atoms with Crippen molar-refractivity contribution in [2.24, 2.45) is 0 Å². The zero-order valence-electron chi connectivity index (χ0n) is 23.8. The summed E-state index contributed by atoms with van der Waals surface area (Å²) in [6.45, 7) is 18.1. The molecule has 0 fully saturated rings. The van der Waals surface area contributed by atoms with E-state index >= 15 is 0 Å². The summed E-state index contributed by atoms with van der Waals surface area (Å²) in [6, 6.07) is 3.46. The molecule has 3 amide bonds. The van der Waals surface area contributed by atoms with Crippen molar-refractivity contribution in [1.29, 1.82) is 0 Å². The number of nitrogens with zero attached hydrogens (tertiary/aromatic N) is 1. The summed E-state index contributed by atoms with van der Waals surface area (Å²) in [5.41, 5.74) is 1.08. The predicted octanol–water partition coefficient (Wildman–Crippen LogP) is 4.55. The summed E-state index contributed by atoms with van der Waals surface area (Å²) in [4.78, 5) is 41.8. The van der Waals surface area contributed by atoms with E-state index in [0.717, 1.165) is 24.0 Å². The van der Waals surface area contributed by atoms with Gasteiger partial charge in [0.2, 0.25) is 11.8 Å². The first-order valence-corrected chi connectivity index (χ1v) is 12.9. The van der Waals surface area contributed by atoms with Crippen molar-refractivity contribution in [3.8, 4) is 0 Å². The summed E-state index contributed by atoms with van der Waals surface area (Å²) >= 11 is 0. The Morgan fingerprint density at radius 1 is 1.06 bits per heavy atom. The number of ether oxygens (including phenoxy) is 1. The van der Waals surface area contributed by atoms with E-state index in [1.807, 2.05) is 59.7 Å². The van der Waals surface area contributed by atoms with E-state index in [1.165, 1.54) is 4.90 Å². The quantitative estimate of drug-likeness (QED) is 0.409. The second kappa shape index (κ2) is 13.1. The van der Waals surface area contributed by atoms with Gasteiger partial charge in [-0.1, -0.05) is 44.0 Å². The Morgan fingerprint density at radius 2 is 1.67 bits per heavy atom. The van der Waals surface area contributed by atoms with E-state index in [-0.39, 0.29) is 11.9 Å². The molecule has 0 bridgehead atoms. The van der Waals surface area contributed by atoms with Crippen molar-refractivity contribution in [3.63, 3.8) is 0 Å². The molecule has 204 valence electrons. The molecule has 36 heavy (non-hydrogen) atoms. The maximum absolute atomic E-state index is 14.0. The third kappa shape index (κ3) is 8.80. The smallest absolute Gasteiger partial charge is 0.408 e. The molecule has 0 spiro atoms. The number of carbonyl (C=O) groups is 3. The molecule has 1 aromatic rings. The molecule has 0 aromatic heterocycles. The van der Waals surface area contributed by atoms with Crippen LogP contribution in [0.3, 0.4) is 0 Å².